The molecule has 0 amide bonds. The monoisotopic (exact) mass is 268 g/mol. The van der Waals surface area contributed by atoms with E-state index in [0.717, 1.165) is 5.76 Å². The van der Waals surface area contributed by atoms with E-state index < -0.39 is 5.97 Å². The molecule has 0 aliphatic carbocycles. The minimum Gasteiger partial charge on any atom is -0.477 e. The molecule has 0 unspecified atom stereocenters. The van der Waals surface area contributed by atoms with E-state index in [0.29, 0.717) is 17.1 Å². The standard InChI is InChI=1S/C15H12N2O3/c1-10-7-8-14(20-10)12-9-13(15(18)19)17(16-12)11-5-3-2-4-6-11/h2-9H,1H3,(H,18,19). The number of para-hydroxylation sites is 1. The summed E-state index contributed by atoms with van der Waals surface area (Å²) in [5.74, 6) is 0.279. The topological polar surface area (TPSA) is 68.3 Å². The van der Waals surface area contributed by atoms with Crippen LogP contribution in [0.1, 0.15) is 16.2 Å². The molecular weight excluding hydrogens is 256 g/mol. The Morgan fingerprint density at radius 2 is 1.95 bits per heavy atom. The predicted molar refractivity (Wildman–Crippen MR) is 73.0 cm³/mol. The number of rotatable bonds is 3. The number of aryl methyl sites for hydroxylation is 1. The number of hydrogen-bond donors (Lipinski definition) is 1. The Labute approximate surface area is 115 Å². The highest BCUT2D eigenvalue weighted by Crippen LogP contribution is 2.23. The smallest absolute Gasteiger partial charge is 0.354 e. The van der Waals surface area contributed by atoms with Crippen molar-refractivity contribution in [3.05, 3.63) is 60.0 Å². The maximum Gasteiger partial charge on any atom is 0.354 e. The SMILES string of the molecule is Cc1ccc(-c2cc(C(=O)O)n(-c3ccccc3)n2)o1. The molecular formula is C15H12N2O3. The van der Waals surface area contributed by atoms with Gasteiger partial charge in [0.25, 0.3) is 0 Å². The summed E-state index contributed by atoms with van der Waals surface area (Å²) in [6, 6.07) is 14.2. The van der Waals surface area contributed by atoms with Crippen LogP contribution in [0.15, 0.2) is 52.9 Å². The molecule has 0 fully saturated rings. The number of carbonyl (C=O) groups is 1. The molecule has 2 heterocycles. The molecule has 20 heavy (non-hydrogen) atoms. The zero-order valence-electron chi connectivity index (χ0n) is 10.8. The zero-order chi connectivity index (χ0) is 14.1. The van der Waals surface area contributed by atoms with E-state index in [1.807, 2.05) is 31.2 Å². The Morgan fingerprint density at radius 3 is 2.55 bits per heavy atom. The second-order valence-electron chi connectivity index (χ2n) is 4.38. The van der Waals surface area contributed by atoms with Gasteiger partial charge in [0.05, 0.1) is 5.69 Å². The fourth-order valence-corrected chi connectivity index (χ4v) is 1.99. The van der Waals surface area contributed by atoms with Crippen LogP contribution in [0.25, 0.3) is 17.1 Å². The van der Waals surface area contributed by atoms with Crippen molar-refractivity contribution in [2.45, 2.75) is 6.92 Å². The third-order valence-corrected chi connectivity index (χ3v) is 2.92. The summed E-state index contributed by atoms with van der Waals surface area (Å²) in [6.45, 7) is 1.83. The number of carboxylic acid groups (broad SMARTS) is 1. The number of carboxylic acids is 1. The van der Waals surface area contributed by atoms with Gasteiger partial charge in [0.2, 0.25) is 0 Å². The molecule has 1 aromatic carbocycles. The molecule has 0 aliphatic rings. The first-order valence-electron chi connectivity index (χ1n) is 6.11. The summed E-state index contributed by atoms with van der Waals surface area (Å²) in [5.41, 5.74) is 1.29. The fourth-order valence-electron chi connectivity index (χ4n) is 1.99. The third-order valence-electron chi connectivity index (χ3n) is 2.92. The number of aromatic carboxylic acids is 1. The lowest BCUT2D eigenvalue weighted by Crippen LogP contribution is -2.07. The second kappa shape index (κ2) is 4.70. The minimum atomic E-state index is -1.03. The molecule has 0 bridgehead atoms. The van der Waals surface area contributed by atoms with Crippen LogP contribution in [0.3, 0.4) is 0 Å². The van der Waals surface area contributed by atoms with Crippen molar-refractivity contribution < 1.29 is 14.3 Å². The molecule has 3 rings (SSSR count). The van der Waals surface area contributed by atoms with Gasteiger partial charge in [-0.15, -0.1) is 0 Å². The predicted octanol–water partition coefficient (Wildman–Crippen LogP) is 3.14. The van der Waals surface area contributed by atoms with E-state index in [4.69, 9.17) is 4.42 Å². The molecule has 2 aromatic heterocycles. The molecule has 3 aromatic rings. The van der Waals surface area contributed by atoms with Gasteiger partial charge in [-0.3, -0.25) is 0 Å². The molecule has 1 N–H and O–H groups in total. The maximum absolute atomic E-state index is 11.4. The molecule has 0 saturated heterocycles. The average Bonchev–Trinajstić information content (AvgIpc) is 3.05. The largest absolute Gasteiger partial charge is 0.477 e. The van der Waals surface area contributed by atoms with Gasteiger partial charge in [0.1, 0.15) is 11.5 Å². The van der Waals surface area contributed by atoms with Crippen LogP contribution in [-0.2, 0) is 0 Å². The number of furan rings is 1. The van der Waals surface area contributed by atoms with Crippen molar-refractivity contribution in [1.82, 2.24) is 9.78 Å². The highest BCUT2D eigenvalue weighted by atomic mass is 16.4. The number of nitrogens with zero attached hydrogens (tertiary/aromatic N) is 2. The van der Waals surface area contributed by atoms with E-state index in [9.17, 15) is 9.90 Å². The summed E-state index contributed by atoms with van der Waals surface area (Å²) >= 11 is 0. The Kier molecular flexibility index (Phi) is 2.87. The lowest BCUT2D eigenvalue weighted by molar-refractivity contribution is 0.0687. The Bertz CT molecular complexity index is 757. The van der Waals surface area contributed by atoms with Gasteiger partial charge in [0, 0.05) is 6.07 Å². The Morgan fingerprint density at radius 1 is 1.20 bits per heavy atom. The Hall–Kier alpha value is -2.82. The second-order valence-corrected chi connectivity index (χ2v) is 4.38. The van der Waals surface area contributed by atoms with Gasteiger partial charge in [0.15, 0.2) is 11.5 Å². The van der Waals surface area contributed by atoms with Crippen LogP contribution < -0.4 is 0 Å². The van der Waals surface area contributed by atoms with Gasteiger partial charge in [-0.2, -0.15) is 5.10 Å². The van der Waals surface area contributed by atoms with Crippen molar-refractivity contribution in [1.29, 1.82) is 0 Å². The first kappa shape index (κ1) is 12.2. The van der Waals surface area contributed by atoms with Crippen LogP contribution in [-0.4, -0.2) is 20.9 Å². The summed E-state index contributed by atoms with van der Waals surface area (Å²) in [7, 11) is 0. The highest BCUT2D eigenvalue weighted by Gasteiger charge is 2.17. The molecule has 0 aliphatic heterocycles. The molecule has 5 nitrogen and oxygen atoms in total. The van der Waals surface area contributed by atoms with Crippen molar-refractivity contribution >= 4 is 5.97 Å². The lowest BCUT2D eigenvalue weighted by Gasteiger charge is -2.03. The van der Waals surface area contributed by atoms with Gasteiger partial charge in [-0.25, -0.2) is 9.48 Å². The quantitative estimate of drug-likeness (QED) is 0.792. The zero-order valence-corrected chi connectivity index (χ0v) is 10.8. The van der Waals surface area contributed by atoms with E-state index >= 15 is 0 Å². The lowest BCUT2D eigenvalue weighted by atomic mass is 10.3. The molecule has 5 heteroatoms. The fraction of sp³-hybridized carbons (Fsp3) is 0.0667. The number of aromatic nitrogens is 2. The highest BCUT2D eigenvalue weighted by molar-refractivity contribution is 5.87. The van der Waals surface area contributed by atoms with E-state index in [-0.39, 0.29) is 5.69 Å². The van der Waals surface area contributed by atoms with Crippen LogP contribution in [0.4, 0.5) is 0 Å². The molecule has 0 saturated carbocycles. The van der Waals surface area contributed by atoms with Crippen LogP contribution >= 0.6 is 0 Å². The average molecular weight is 268 g/mol. The van der Waals surface area contributed by atoms with Crippen LogP contribution in [0.5, 0.6) is 0 Å². The summed E-state index contributed by atoms with van der Waals surface area (Å²) in [4.78, 5) is 11.4. The molecule has 0 atom stereocenters. The first-order chi connectivity index (χ1) is 9.65. The van der Waals surface area contributed by atoms with E-state index in [1.165, 1.54) is 10.7 Å². The number of benzene rings is 1. The maximum atomic E-state index is 11.4. The van der Waals surface area contributed by atoms with Gasteiger partial charge < -0.3 is 9.52 Å². The van der Waals surface area contributed by atoms with Crippen molar-refractivity contribution in [2.75, 3.05) is 0 Å². The molecule has 0 radical (unpaired) electrons. The third kappa shape index (κ3) is 2.09. The van der Waals surface area contributed by atoms with Crippen LogP contribution in [0, 0.1) is 6.92 Å². The minimum absolute atomic E-state index is 0.0975. The van der Waals surface area contributed by atoms with Crippen LogP contribution in [0.2, 0.25) is 0 Å². The van der Waals surface area contributed by atoms with Crippen molar-refractivity contribution in [2.24, 2.45) is 0 Å². The summed E-state index contributed by atoms with van der Waals surface area (Å²) in [6.07, 6.45) is 0. The molecule has 100 valence electrons. The van der Waals surface area contributed by atoms with E-state index in [1.54, 1.807) is 18.2 Å². The number of hydrogen-bond acceptors (Lipinski definition) is 3. The summed E-state index contributed by atoms with van der Waals surface area (Å²) < 4.78 is 6.88. The van der Waals surface area contributed by atoms with Gasteiger partial charge in [-0.1, -0.05) is 18.2 Å². The van der Waals surface area contributed by atoms with Crippen molar-refractivity contribution in [3.63, 3.8) is 0 Å². The first-order valence-corrected chi connectivity index (χ1v) is 6.11. The Balaban J connectivity index is 2.15. The molecule has 0 spiro atoms. The normalized spacial score (nSPS) is 10.7. The summed E-state index contributed by atoms with van der Waals surface area (Å²) in [5, 5.41) is 13.6. The van der Waals surface area contributed by atoms with Gasteiger partial charge in [-0.05, 0) is 31.2 Å². The van der Waals surface area contributed by atoms with Gasteiger partial charge >= 0.3 is 5.97 Å². The van der Waals surface area contributed by atoms with Crippen molar-refractivity contribution in [3.8, 4) is 17.1 Å². The van der Waals surface area contributed by atoms with E-state index in [2.05, 4.69) is 5.10 Å².